The predicted octanol–water partition coefficient (Wildman–Crippen LogP) is 2.00. The number of halogens is 1. The Morgan fingerprint density at radius 3 is 2.86 bits per heavy atom. The second-order valence-electron chi connectivity index (χ2n) is 5.38. The maximum atomic E-state index is 14.1. The van der Waals surface area contributed by atoms with Crippen molar-refractivity contribution in [3.8, 4) is 5.69 Å². The van der Waals surface area contributed by atoms with Gasteiger partial charge in [-0.3, -0.25) is 4.79 Å². The third-order valence-electron chi connectivity index (χ3n) is 3.82. The maximum absolute atomic E-state index is 14.1. The minimum absolute atomic E-state index is 0.111. The number of rotatable bonds is 6. The smallest absolute Gasteiger partial charge is 0.237 e. The molecule has 2 atom stereocenters. The highest BCUT2D eigenvalue weighted by Gasteiger charge is 2.18. The SMILES string of the molecule is CCC(C)C(N)C(=O)NCc1ccc(-n2ccnc2)c(F)c1. The summed E-state index contributed by atoms with van der Waals surface area (Å²) in [6, 6.07) is 4.30. The zero-order chi connectivity index (χ0) is 16.1. The van der Waals surface area contributed by atoms with E-state index in [0.29, 0.717) is 11.3 Å². The highest BCUT2D eigenvalue weighted by atomic mass is 19.1. The lowest BCUT2D eigenvalue weighted by Crippen LogP contribution is -2.44. The van der Waals surface area contributed by atoms with Crippen molar-refractivity contribution < 1.29 is 9.18 Å². The standard InChI is InChI=1S/C16H21FN4O/c1-3-11(2)15(18)16(22)20-9-12-4-5-14(13(17)8-12)21-7-6-19-10-21/h4-8,10-11,15H,3,9,18H2,1-2H3,(H,20,22). The van der Waals surface area contributed by atoms with Crippen molar-refractivity contribution in [3.63, 3.8) is 0 Å². The van der Waals surface area contributed by atoms with Gasteiger partial charge in [0.15, 0.2) is 0 Å². The number of hydrogen-bond acceptors (Lipinski definition) is 3. The molecular weight excluding hydrogens is 283 g/mol. The average Bonchev–Trinajstić information content (AvgIpc) is 3.05. The molecule has 118 valence electrons. The molecular formula is C16H21FN4O. The molecule has 2 unspecified atom stereocenters. The fourth-order valence-corrected chi connectivity index (χ4v) is 2.09. The van der Waals surface area contributed by atoms with Gasteiger partial charge in [-0.25, -0.2) is 9.37 Å². The van der Waals surface area contributed by atoms with Crippen molar-refractivity contribution in [2.45, 2.75) is 32.9 Å². The van der Waals surface area contributed by atoms with Gasteiger partial charge in [-0.05, 0) is 23.6 Å². The van der Waals surface area contributed by atoms with Crippen molar-refractivity contribution in [3.05, 3.63) is 48.3 Å². The quantitative estimate of drug-likeness (QED) is 0.857. The summed E-state index contributed by atoms with van der Waals surface area (Å²) in [6.07, 6.45) is 5.63. The van der Waals surface area contributed by atoms with Crippen molar-refractivity contribution in [1.29, 1.82) is 0 Å². The summed E-state index contributed by atoms with van der Waals surface area (Å²) in [5.74, 6) is -0.468. The first kappa shape index (κ1) is 16.2. The maximum Gasteiger partial charge on any atom is 0.237 e. The van der Waals surface area contributed by atoms with Gasteiger partial charge in [0, 0.05) is 18.9 Å². The first-order chi connectivity index (χ1) is 10.5. The van der Waals surface area contributed by atoms with E-state index in [1.165, 1.54) is 12.4 Å². The highest BCUT2D eigenvalue weighted by Crippen LogP contribution is 2.15. The lowest BCUT2D eigenvalue weighted by atomic mass is 9.99. The van der Waals surface area contributed by atoms with Gasteiger partial charge in [-0.1, -0.05) is 26.3 Å². The number of nitrogens with two attached hydrogens (primary N) is 1. The van der Waals surface area contributed by atoms with Crippen LogP contribution in [0.3, 0.4) is 0 Å². The average molecular weight is 304 g/mol. The summed E-state index contributed by atoms with van der Waals surface area (Å²) in [6.45, 7) is 4.18. The minimum Gasteiger partial charge on any atom is -0.351 e. The Balaban J connectivity index is 2.00. The number of imidazole rings is 1. The van der Waals surface area contributed by atoms with E-state index < -0.39 is 6.04 Å². The molecule has 0 bridgehead atoms. The molecule has 1 aromatic heterocycles. The van der Waals surface area contributed by atoms with Crippen molar-refractivity contribution in [1.82, 2.24) is 14.9 Å². The van der Waals surface area contributed by atoms with Crippen molar-refractivity contribution in [2.75, 3.05) is 0 Å². The molecule has 0 radical (unpaired) electrons. The van der Waals surface area contributed by atoms with Gasteiger partial charge < -0.3 is 15.6 Å². The molecule has 0 fully saturated rings. The van der Waals surface area contributed by atoms with Crippen LogP contribution in [0.5, 0.6) is 0 Å². The van der Waals surface area contributed by atoms with Crippen LogP contribution in [0.2, 0.25) is 0 Å². The van der Waals surface area contributed by atoms with Crippen LogP contribution in [-0.4, -0.2) is 21.5 Å². The molecule has 6 heteroatoms. The van der Waals surface area contributed by atoms with Gasteiger partial charge in [0.2, 0.25) is 5.91 Å². The van der Waals surface area contributed by atoms with E-state index in [0.717, 1.165) is 6.42 Å². The molecule has 0 saturated carbocycles. The first-order valence-electron chi connectivity index (χ1n) is 7.33. The van der Waals surface area contributed by atoms with E-state index in [2.05, 4.69) is 10.3 Å². The molecule has 0 saturated heterocycles. The molecule has 2 aromatic rings. The zero-order valence-corrected chi connectivity index (χ0v) is 12.8. The van der Waals surface area contributed by atoms with Crippen LogP contribution in [0, 0.1) is 11.7 Å². The molecule has 5 nitrogen and oxygen atoms in total. The second kappa shape index (κ2) is 7.17. The molecule has 0 spiro atoms. The van der Waals surface area contributed by atoms with Crippen LogP contribution in [-0.2, 0) is 11.3 Å². The van der Waals surface area contributed by atoms with Crippen LogP contribution >= 0.6 is 0 Å². The summed E-state index contributed by atoms with van der Waals surface area (Å²) in [4.78, 5) is 15.8. The molecule has 1 aromatic carbocycles. The van der Waals surface area contributed by atoms with Gasteiger partial charge in [0.05, 0.1) is 18.1 Å². The third kappa shape index (κ3) is 3.71. The normalized spacial score (nSPS) is 13.6. The monoisotopic (exact) mass is 304 g/mol. The lowest BCUT2D eigenvalue weighted by Gasteiger charge is -2.17. The number of aromatic nitrogens is 2. The number of nitrogens with zero attached hydrogens (tertiary/aromatic N) is 2. The Bertz CT molecular complexity index is 627. The number of carbonyl (C=O) groups excluding carboxylic acids is 1. The van der Waals surface area contributed by atoms with Crippen LogP contribution in [0.25, 0.3) is 5.69 Å². The Morgan fingerprint density at radius 1 is 1.50 bits per heavy atom. The molecule has 0 aliphatic heterocycles. The van der Waals surface area contributed by atoms with E-state index in [4.69, 9.17) is 5.73 Å². The molecule has 0 aliphatic rings. The largest absolute Gasteiger partial charge is 0.351 e. The van der Waals surface area contributed by atoms with E-state index >= 15 is 0 Å². The Kier molecular flexibility index (Phi) is 5.27. The van der Waals surface area contributed by atoms with Gasteiger partial charge in [-0.15, -0.1) is 0 Å². The summed E-state index contributed by atoms with van der Waals surface area (Å²) in [5.41, 5.74) is 6.96. The summed E-state index contributed by atoms with van der Waals surface area (Å²) in [5, 5.41) is 2.75. The molecule has 1 heterocycles. The molecule has 1 amide bonds. The van der Waals surface area contributed by atoms with Gasteiger partial charge in [0.1, 0.15) is 5.82 Å². The summed E-state index contributed by atoms with van der Waals surface area (Å²) < 4.78 is 15.7. The topological polar surface area (TPSA) is 72.9 Å². The van der Waals surface area contributed by atoms with Crippen LogP contribution in [0.4, 0.5) is 4.39 Å². The van der Waals surface area contributed by atoms with Crippen molar-refractivity contribution in [2.24, 2.45) is 11.7 Å². The van der Waals surface area contributed by atoms with Crippen LogP contribution in [0.1, 0.15) is 25.8 Å². The van der Waals surface area contributed by atoms with E-state index in [9.17, 15) is 9.18 Å². The number of carbonyl (C=O) groups is 1. The summed E-state index contributed by atoms with van der Waals surface area (Å²) in [7, 11) is 0. The zero-order valence-electron chi connectivity index (χ0n) is 12.8. The van der Waals surface area contributed by atoms with Gasteiger partial charge >= 0.3 is 0 Å². The Morgan fingerprint density at radius 2 is 2.27 bits per heavy atom. The molecule has 22 heavy (non-hydrogen) atoms. The fourth-order valence-electron chi connectivity index (χ4n) is 2.09. The lowest BCUT2D eigenvalue weighted by molar-refractivity contribution is -0.123. The number of hydrogen-bond donors (Lipinski definition) is 2. The number of amides is 1. The van der Waals surface area contributed by atoms with Gasteiger partial charge in [-0.2, -0.15) is 0 Å². The summed E-state index contributed by atoms with van der Waals surface area (Å²) >= 11 is 0. The van der Waals surface area contributed by atoms with E-state index in [1.54, 1.807) is 29.1 Å². The number of nitrogens with one attached hydrogen (secondary N) is 1. The second-order valence-corrected chi connectivity index (χ2v) is 5.38. The Hall–Kier alpha value is -2.21. The number of benzene rings is 1. The predicted molar refractivity (Wildman–Crippen MR) is 82.8 cm³/mol. The van der Waals surface area contributed by atoms with E-state index in [1.807, 2.05) is 13.8 Å². The fraction of sp³-hybridized carbons (Fsp3) is 0.375. The Labute approximate surface area is 129 Å². The van der Waals surface area contributed by atoms with Gasteiger partial charge in [0.25, 0.3) is 0 Å². The van der Waals surface area contributed by atoms with E-state index in [-0.39, 0.29) is 24.2 Å². The van der Waals surface area contributed by atoms with Crippen LogP contribution in [0.15, 0.2) is 36.9 Å². The first-order valence-corrected chi connectivity index (χ1v) is 7.33. The third-order valence-corrected chi connectivity index (χ3v) is 3.82. The van der Waals surface area contributed by atoms with Crippen LogP contribution < -0.4 is 11.1 Å². The molecule has 2 rings (SSSR count). The minimum atomic E-state index is -0.542. The highest BCUT2D eigenvalue weighted by molar-refractivity contribution is 5.81. The molecule has 0 aliphatic carbocycles. The van der Waals surface area contributed by atoms with Crippen molar-refractivity contribution >= 4 is 5.91 Å². The molecule has 3 N–H and O–H groups in total.